The first kappa shape index (κ1) is 19.4. The van der Waals surface area contributed by atoms with Crippen LogP contribution in [-0.4, -0.2) is 36.6 Å². The van der Waals surface area contributed by atoms with Gasteiger partial charge in [0.1, 0.15) is 12.3 Å². The molecule has 1 aliphatic rings. The Labute approximate surface area is 160 Å². The fourth-order valence-corrected chi connectivity index (χ4v) is 3.71. The van der Waals surface area contributed by atoms with Gasteiger partial charge in [-0.05, 0) is 49.3 Å². The zero-order valence-corrected chi connectivity index (χ0v) is 16.3. The number of nitrogens with one attached hydrogen (secondary N) is 1. The molecule has 1 heterocycles. The number of Topliss-reactive ketones (excluding diaryl/α,β-unsaturated/α-hetero) is 1. The number of esters is 1. The van der Waals surface area contributed by atoms with Crippen LogP contribution in [0.4, 0.5) is 0 Å². The lowest BCUT2D eigenvalue weighted by atomic mass is 9.81. The van der Waals surface area contributed by atoms with Gasteiger partial charge in [0.05, 0.1) is 6.61 Å². The largest absolute Gasteiger partial charge is 0.459 e. The van der Waals surface area contributed by atoms with Crippen molar-refractivity contribution < 1.29 is 19.1 Å². The van der Waals surface area contributed by atoms with Gasteiger partial charge in [0.15, 0.2) is 5.78 Å². The Morgan fingerprint density at radius 2 is 1.89 bits per heavy atom. The van der Waals surface area contributed by atoms with E-state index in [-0.39, 0.29) is 18.3 Å². The fourth-order valence-electron chi connectivity index (χ4n) is 3.71. The van der Waals surface area contributed by atoms with Gasteiger partial charge >= 0.3 is 5.97 Å². The highest BCUT2D eigenvalue weighted by Crippen LogP contribution is 2.35. The molecule has 5 nitrogen and oxygen atoms in total. The molecule has 0 radical (unpaired) electrons. The number of fused-ring (bicyclic) bond motifs is 1. The highest BCUT2D eigenvalue weighted by atomic mass is 16.6. The van der Waals surface area contributed by atoms with Gasteiger partial charge in [-0.1, -0.05) is 31.2 Å². The average Bonchev–Trinajstić information content (AvgIpc) is 3.02. The zero-order chi connectivity index (χ0) is 19.4. The number of aryl methyl sites for hydroxylation is 1. The molecule has 27 heavy (non-hydrogen) atoms. The maximum Gasteiger partial charge on any atom is 0.355 e. The monoisotopic (exact) mass is 369 g/mol. The van der Waals surface area contributed by atoms with Gasteiger partial charge in [0.25, 0.3) is 0 Å². The second kappa shape index (κ2) is 8.53. The SMILES string of the molecule is CCOCCOC(=O)c1[nH]c2c(c1C)C(=O)CC(c1ccc(CC)cc1)C2. The predicted molar refractivity (Wildman–Crippen MR) is 104 cm³/mol. The first-order valence-corrected chi connectivity index (χ1v) is 9.63. The molecule has 2 aromatic rings. The fraction of sp³-hybridized carbons (Fsp3) is 0.455. The van der Waals surface area contributed by atoms with E-state index in [0.717, 1.165) is 18.5 Å². The average molecular weight is 369 g/mol. The number of hydrogen-bond donors (Lipinski definition) is 1. The number of carbonyl (C=O) groups is 2. The molecule has 0 amide bonds. The van der Waals surface area contributed by atoms with Crippen LogP contribution >= 0.6 is 0 Å². The predicted octanol–water partition coefficient (Wildman–Crippen LogP) is 3.99. The van der Waals surface area contributed by atoms with E-state index in [0.29, 0.717) is 36.5 Å². The molecule has 144 valence electrons. The summed E-state index contributed by atoms with van der Waals surface area (Å²) in [6, 6.07) is 8.47. The van der Waals surface area contributed by atoms with Crippen molar-refractivity contribution in [3.05, 3.63) is 57.9 Å². The van der Waals surface area contributed by atoms with Gasteiger partial charge in [-0.2, -0.15) is 0 Å². The van der Waals surface area contributed by atoms with Crippen molar-refractivity contribution in [1.29, 1.82) is 0 Å². The van der Waals surface area contributed by atoms with Gasteiger partial charge in [0.2, 0.25) is 0 Å². The Balaban J connectivity index is 1.77. The number of H-pyrrole nitrogens is 1. The topological polar surface area (TPSA) is 68.4 Å². The van der Waals surface area contributed by atoms with Crippen LogP contribution in [0, 0.1) is 6.92 Å². The minimum absolute atomic E-state index is 0.0861. The van der Waals surface area contributed by atoms with Gasteiger partial charge in [0, 0.05) is 24.3 Å². The van der Waals surface area contributed by atoms with Crippen molar-refractivity contribution >= 4 is 11.8 Å². The second-order valence-electron chi connectivity index (χ2n) is 6.93. The number of carbonyl (C=O) groups excluding carboxylic acids is 2. The van der Waals surface area contributed by atoms with Crippen molar-refractivity contribution in [2.24, 2.45) is 0 Å². The van der Waals surface area contributed by atoms with E-state index in [2.05, 4.69) is 36.2 Å². The molecule has 0 bridgehead atoms. The normalized spacial score (nSPS) is 16.3. The standard InChI is InChI=1S/C22H27NO4/c1-4-15-6-8-16(9-7-15)17-12-18-20(19(24)13-17)14(3)21(23-18)22(25)27-11-10-26-5-2/h6-9,17,23H,4-5,10-13H2,1-3H3. The van der Waals surface area contributed by atoms with E-state index in [1.807, 2.05) is 13.8 Å². The summed E-state index contributed by atoms with van der Waals surface area (Å²) in [6.07, 6.45) is 2.19. The van der Waals surface area contributed by atoms with Crippen molar-refractivity contribution in [1.82, 2.24) is 4.98 Å². The highest BCUT2D eigenvalue weighted by molar-refractivity contribution is 6.03. The Hall–Kier alpha value is -2.40. The molecule has 1 atom stereocenters. The molecule has 1 aromatic carbocycles. The lowest BCUT2D eigenvalue weighted by Gasteiger charge is -2.22. The minimum Gasteiger partial charge on any atom is -0.459 e. The third-order valence-electron chi connectivity index (χ3n) is 5.22. The van der Waals surface area contributed by atoms with Crippen LogP contribution in [0.1, 0.15) is 69.4 Å². The summed E-state index contributed by atoms with van der Waals surface area (Å²) in [5.41, 5.74) is 5.02. The molecule has 0 spiro atoms. The molecule has 1 N–H and O–H groups in total. The summed E-state index contributed by atoms with van der Waals surface area (Å²) < 4.78 is 10.4. The van der Waals surface area contributed by atoms with E-state index in [1.165, 1.54) is 11.1 Å². The van der Waals surface area contributed by atoms with Gasteiger partial charge < -0.3 is 14.5 Å². The van der Waals surface area contributed by atoms with Crippen molar-refractivity contribution in [2.75, 3.05) is 19.8 Å². The van der Waals surface area contributed by atoms with Crippen LogP contribution < -0.4 is 0 Å². The third-order valence-corrected chi connectivity index (χ3v) is 5.22. The van der Waals surface area contributed by atoms with Crippen LogP contribution in [0.5, 0.6) is 0 Å². The van der Waals surface area contributed by atoms with E-state index in [4.69, 9.17) is 9.47 Å². The summed E-state index contributed by atoms with van der Waals surface area (Å²) >= 11 is 0. The highest BCUT2D eigenvalue weighted by Gasteiger charge is 2.32. The zero-order valence-electron chi connectivity index (χ0n) is 16.3. The molecule has 5 heteroatoms. The lowest BCUT2D eigenvalue weighted by molar-refractivity contribution is 0.0329. The number of benzene rings is 1. The molecule has 0 saturated heterocycles. The van der Waals surface area contributed by atoms with E-state index in [1.54, 1.807) is 0 Å². The summed E-state index contributed by atoms with van der Waals surface area (Å²) in [7, 11) is 0. The number of ketones is 1. The van der Waals surface area contributed by atoms with Crippen LogP contribution in [0.3, 0.4) is 0 Å². The van der Waals surface area contributed by atoms with E-state index in [9.17, 15) is 9.59 Å². The van der Waals surface area contributed by atoms with Crippen LogP contribution in [0.25, 0.3) is 0 Å². The van der Waals surface area contributed by atoms with Crippen molar-refractivity contribution in [2.45, 2.75) is 46.0 Å². The Kier molecular flexibility index (Phi) is 6.11. The Bertz CT molecular complexity index is 820. The van der Waals surface area contributed by atoms with Crippen molar-refractivity contribution in [3.63, 3.8) is 0 Å². The first-order valence-electron chi connectivity index (χ1n) is 9.63. The number of hydrogen-bond acceptors (Lipinski definition) is 4. The quantitative estimate of drug-likeness (QED) is 0.592. The van der Waals surface area contributed by atoms with Crippen LogP contribution in [0.2, 0.25) is 0 Å². The number of rotatable bonds is 7. The molecule has 1 unspecified atom stereocenters. The molecule has 0 fully saturated rings. The summed E-state index contributed by atoms with van der Waals surface area (Å²) in [5.74, 6) is -0.211. The number of aromatic amines is 1. The Morgan fingerprint density at radius 1 is 1.15 bits per heavy atom. The smallest absolute Gasteiger partial charge is 0.355 e. The van der Waals surface area contributed by atoms with Crippen LogP contribution in [0.15, 0.2) is 24.3 Å². The summed E-state index contributed by atoms with van der Waals surface area (Å²) in [6.45, 7) is 6.99. The van der Waals surface area contributed by atoms with Crippen LogP contribution in [-0.2, 0) is 22.3 Å². The molecular weight excluding hydrogens is 342 g/mol. The first-order chi connectivity index (χ1) is 13.0. The molecule has 3 rings (SSSR count). The third kappa shape index (κ3) is 4.14. The number of ether oxygens (including phenoxy) is 2. The maximum atomic E-state index is 12.8. The van der Waals surface area contributed by atoms with Crippen molar-refractivity contribution in [3.8, 4) is 0 Å². The lowest BCUT2D eigenvalue weighted by Crippen LogP contribution is -2.18. The van der Waals surface area contributed by atoms with Gasteiger partial charge in [-0.25, -0.2) is 4.79 Å². The molecule has 0 saturated carbocycles. The Morgan fingerprint density at radius 3 is 2.56 bits per heavy atom. The van der Waals surface area contributed by atoms with Gasteiger partial charge in [-0.15, -0.1) is 0 Å². The number of aromatic nitrogens is 1. The molecular formula is C22H27NO4. The maximum absolute atomic E-state index is 12.8. The summed E-state index contributed by atoms with van der Waals surface area (Å²) in [5, 5.41) is 0. The van der Waals surface area contributed by atoms with E-state index < -0.39 is 5.97 Å². The summed E-state index contributed by atoms with van der Waals surface area (Å²) in [4.78, 5) is 28.3. The molecule has 1 aromatic heterocycles. The second-order valence-corrected chi connectivity index (χ2v) is 6.93. The minimum atomic E-state index is -0.432. The molecule has 0 aliphatic heterocycles. The van der Waals surface area contributed by atoms with Gasteiger partial charge in [-0.3, -0.25) is 4.79 Å². The molecule has 1 aliphatic carbocycles. The van der Waals surface area contributed by atoms with E-state index >= 15 is 0 Å².